The molecule has 6 heterocycles. The maximum absolute atomic E-state index is 15.8. The predicted octanol–water partition coefficient (Wildman–Crippen LogP) is -2.99. The third-order valence-electron chi connectivity index (χ3n) is 23.8. The molecule has 46 heteroatoms. The highest BCUT2D eigenvalue weighted by Crippen LogP contribution is 2.28. The second-order valence-electron chi connectivity index (χ2n) is 33.7. The van der Waals surface area contributed by atoms with Crippen molar-refractivity contribution in [2.75, 3.05) is 52.3 Å². The first kappa shape index (κ1) is 104. The molecule has 0 spiro atoms. The number of aromatic hydroxyl groups is 1. The van der Waals surface area contributed by atoms with E-state index in [0.717, 1.165) is 24.5 Å². The fraction of sp³-hybridized carbons (Fsp3) is 0.494. The summed E-state index contributed by atoms with van der Waals surface area (Å²) >= 11 is 0.689. The number of nitrogens with zero attached hydrogens (tertiary/aromatic N) is 6. The minimum atomic E-state index is -2.07. The Hall–Kier alpha value is -14.5. The maximum Gasteiger partial charge on any atom is 0.305 e. The van der Waals surface area contributed by atoms with Gasteiger partial charge in [0.2, 0.25) is 106 Å². The number of carbonyl (C=O) groups excluding carboxylic acids is 18. The molecule has 0 radical (unpaired) electrons. The number of imidazole rings is 1. The zero-order chi connectivity index (χ0) is 98.6. The maximum atomic E-state index is 15.8. The Morgan fingerprint density at radius 3 is 1.47 bits per heavy atom. The van der Waals surface area contributed by atoms with E-state index < -0.39 is 259 Å². The van der Waals surface area contributed by atoms with Gasteiger partial charge in [0.1, 0.15) is 90.3 Å². The summed E-state index contributed by atoms with van der Waals surface area (Å²) in [4.78, 5) is 306. The molecule has 0 saturated carbocycles. The summed E-state index contributed by atoms with van der Waals surface area (Å²) in [6, 6.07) is -4.35. The molecule has 3 aliphatic heterocycles. The van der Waals surface area contributed by atoms with Crippen LogP contribution in [-0.4, -0.2) is 315 Å². The highest BCUT2D eigenvalue weighted by atomic mass is 32.2. The van der Waals surface area contributed by atoms with Crippen LogP contribution in [0.15, 0.2) is 97.7 Å². The highest BCUT2D eigenvalue weighted by molar-refractivity contribution is 8.00. The molecule has 22 N–H and O–H groups in total. The number of hydrogen-bond donors (Lipinski definition) is 19. The van der Waals surface area contributed by atoms with Crippen LogP contribution in [0.1, 0.15) is 139 Å². The number of thioether (sulfide) groups is 1. The van der Waals surface area contributed by atoms with Crippen LogP contribution in [0.5, 0.6) is 5.75 Å². The van der Waals surface area contributed by atoms with Crippen LogP contribution >= 0.6 is 11.8 Å². The lowest BCUT2D eigenvalue weighted by Crippen LogP contribution is -2.61. The third-order valence-corrected chi connectivity index (χ3v) is 24.9. The van der Waals surface area contributed by atoms with Crippen molar-refractivity contribution >= 4 is 152 Å². The number of fused-ring (bicyclic) bond motifs is 4. The minimum absolute atomic E-state index is 0.0768. The molecule has 45 nitrogen and oxygen atoms in total. The average Bonchev–Trinajstić information content (AvgIpc) is 1.69. The number of aliphatic carboxylic acids is 2. The molecule has 3 aliphatic rings. The molecule has 728 valence electrons. The second-order valence-corrected chi connectivity index (χ2v) is 34.7. The van der Waals surface area contributed by atoms with Gasteiger partial charge < -0.3 is 125 Å². The Morgan fingerprint density at radius 1 is 0.474 bits per heavy atom. The number of primary amides is 3. The summed E-state index contributed by atoms with van der Waals surface area (Å²) in [6.07, 6.45) is 1.15. The van der Waals surface area contributed by atoms with E-state index in [1.54, 1.807) is 74.8 Å². The van der Waals surface area contributed by atoms with E-state index in [0.29, 0.717) is 63.1 Å². The van der Waals surface area contributed by atoms with Crippen molar-refractivity contribution in [2.24, 2.45) is 17.2 Å². The first-order chi connectivity index (χ1) is 64.2. The molecule has 0 unspecified atom stereocenters. The molecule has 135 heavy (non-hydrogen) atoms. The molecule has 14 atom stereocenters. The molecule has 18 amide bonds. The summed E-state index contributed by atoms with van der Waals surface area (Å²) < 4.78 is 0. The molecule has 0 bridgehead atoms. The number of nitrogens with two attached hydrogens (primary N) is 3. The topological polar surface area (TPSA) is 677 Å². The standard InChI is InChI=1S/C89H118N22O23S/c1-7-9-21-66-82(127)99-57(29-30-74(117)118)78(123)106-65(77(122)96-43-72(92)115)44-135-45-73(116)98-61(33-48-25-27-52(112)28-26-48)85(130)107(4)47(3)76(121)103-63(37-70(90)113)87(132)110-31-16-24-68(110)84(129)102-59(36-51-42-93-46-97-51)80(125)105-64(38-71(91)114)88(133)111-32-15-23-67(111)83(128)101-58(34-49-40-94-55-19-13-11-17-53(49)55)79(124)100-60(39-75(119)120)81(126)104-62(35-50-41-95-56-20-14-12-18-54(50)56)86(131)109(6)69(22-10-8-2)89(134)108(66)5/h11-14,17-20,25-28,40-42,46-47,57-69,94-95,112H,7-10,15-16,21-24,29-39,43-45H2,1-6H3,(H2,90,113)(H2,91,114)(H2,92,115)(H,93,97)(H,96,122)(H,98,116)(H,99,127)(H,100,124)(H,101,128)(H,102,129)(H,103,121)(H,104,126)(H,105,125)(H,106,123)(H,117,118)(H,119,120)/t47-,57-,58-,59-,60-,61-,62-,63+,64-,65-,66-,67-,68-,69-/m0/s1. The molecule has 6 aromatic rings. The highest BCUT2D eigenvalue weighted by Gasteiger charge is 2.46. The largest absolute Gasteiger partial charge is 0.508 e. The van der Waals surface area contributed by atoms with Gasteiger partial charge in [-0.2, -0.15) is 0 Å². The SMILES string of the molecule is CCCC[C@H]1C(=O)N(C)[C@@H](CCCC)C(=O)N[C@@H](CCC(=O)O)C(=O)N[C@H](C(=O)NCC(N)=O)CSCC(=O)N[C@@H](Cc2ccc(O)cc2)C(=O)N(C)[C@@H](C)C(=O)N[C@H](CC(N)=O)C(=O)N2CCC[C@H]2C(=O)N[C@@H](Cc2c[nH]cn2)C(=O)N[C@@H](CC(N)=O)C(=O)N2CCC[C@H]2C(=O)N[C@@H](Cc2c[nH]c3ccccc23)C(=O)N[C@@H](CC(=O)O)C(=O)N[C@@H](Cc2c[nH]c3ccccc23)C(=O)N1C. The first-order valence-electron chi connectivity index (χ1n) is 44.4. The quantitative estimate of drug-likeness (QED) is 0.0258. The smallest absolute Gasteiger partial charge is 0.305 e. The molecular formula is C89H118N22O23S. The molecule has 9 rings (SSSR count). The van der Waals surface area contributed by atoms with Gasteiger partial charge in [-0.05, 0) is 92.8 Å². The Labute approximate surface area is 779 Å². The lowest BCUT2D eigenvalue weighted by atomic mass is 9.99. The zero-order valence-corrected chi connectivity index (χ0v) is 76.4. The number of nitrogens with one attached hydrogen (secondary N) is 13. The van der Waals surface area contributed by atoms with Gasteiger partial charge >= 0.3 is 11.9 Å². The molecular weight excluding hydrogens is 1780 g/mol. The number of rotatable bonds is 26. The number of likely N-dealkylation sites (N-methyl/N-ethyl adjacent to an activating group) is 3. The van der Waals surface area contributed by atoms with Crippen LogP contribution in [0.4, 0.5) is 0 Å². The number of H-pyrrole nitrogens is 3. The van der Waals surface area contributed by atoms with Gasteiger partial charge in [0.15, 0.2) is 0 Å². The van der Waals surface area contributed by atoms with Gasteiger partial charge in [0.25, 0.3) is 0 Å². The van der Waals surface area contributed by atoms with Gasteiger partial charge in [-0.1, -0.05) is 88.1 Å². The van der Waals surface area contributed by atoms with E-state index in [2.05, 4.69) is 73.1 Å². The number of para-hydroxylation sites is 2. The van der Waals surface area contributed by atoms with Crippen LogP contribution in [0.2, 0.25) is 0 Å². The number of aromatic nitrogens is 4. The third kappa shape index (κ3) is 29.0. The van der Waals surface area contributed by atoms with Crippen LogP contribution in [0.3, 0.4) is 0 Å². The summed E-state index contributed by atoms with van der Waals surface area (Å²) in [5, 5.41) is 57.3. The lowest BCUT2D eigenvalue weighted by molar-refractivity contribution is -0.149. The number of carbonyl (C=O) groups is 20. The van der Waals surface area contributed by atoms with E-state index in [1.165, 1.54) is 64.9 Å². The van der Waals surface area contributed by atoms with Crippen molar-refractivity contribution < 1.29 is 111 Å². The van der Waals surface area contributed by atoms with Gasteiger partial charge in [-0.25, -0.2) is 4.98 Å². The summed E-state index contributed by atoms with van der Waals surface area (Å²) in [7, 11) is 3.71. The van der Waals surface area contributed by atoms with E-state index in [1.807, 2.05) is 0 Å². The molecule has 3 aromatic carbocycles. The van der Waals surface area contributed by atoms with Crippen LogP contribution in [0.25, 0.3) is 21.8 Å². The summed E-state index contributed by atoms with van der Waals surface area (Å²) in [6.45, 7) is 3.65. The van der Waals surface area contributed by atoms with Gasteiger partial charge in [0, 0.05) is 112 Å². The first-order valence-corrected chi connectivity index (χ1v) is 45.5. The summed E-state index contributed by atoms with van der Waals surface area (Å²) in [5.41, 5.74) is 19.4. The molecule has 3 aromatic heterocycles. The van der Waals surface area contributed by atoms with Crippen molar-refractivity contribution in [3.8, 4) is 5.75 Å². The Balaban J connectivity index is 1.11. The van der Waals surface area contributed by atoms with Crippen molar-refractivity contribution in [3.05, 3.63) is 120 Å². The van der Waals surface area contributed by atoms with E-state index in [4.69, 9.17) is 17.2 Å². The summed E-state index contributed by atoms with van der Waals surface area (Å²) in [5.74, 6) is -23.2. The van der Waals surface area contributed by atoms with E-state index in [-0.39, 0.29) is 95.2 Å². The zero-order valence-electron chi connectivity index (χ0n) is 75.6. The minimum Gasteiger partial charge on any atom is -0.508 e. The van der Waals surface area contributed by atoms with E-state index >= 15 is 33.6 Å². The Kier molecular flexibility index (Phi) is 38.1. The molecule has 3 saturated heterocycles. The Morgan fingerprint density at radius 2 is 0.948 bits per heavy atom. The number of carboxylic acid groups (broad SMARTS) is 2. The number of phenols is 1. The number of benzene rings is 3. The van der Waals surface area contributed by atoms with E-state index in [9.17, 15) is 77.6 Å². The number of phenolic OH excluding ortho intramolecular Hbond substituents is 1. The number of carboxylic acids is 2. The van der Waals surface area contributed by atoms with Crippen molar-refractivity contribution in [3.63, 3.8) is 0 Å². The van der Waals surface area contributed by atoms with Gasteiger partial charge in [0.05, 0.1) is 43.6 Å². The predicted molar refractivity (Wildman–Crippen MR) is 486 cm³/mol. The normalized spacial score (nSPS) is 24.1. The number of aromatic amines is 3. The fourth-order valence-electron chi connectivity index (χ4n) is 16.4. The number of hydrogen-bond acceptors (Lipinski definition) is 23. The Bertz CT molecular complexity index is 5340. The molecule has 3 fully saturated rings. The monoisotopic (exact) mass is 1890 g/mol. The van der Waals surface area contributed by atoms with Crippen LogP contribution in [-0.2, 0) is 122 Å². The fourth-order valence-corrected chi connectivity index (χ4v) is 17.3. The van der Waals surface area contributed by atoms with Crippen LogP contribution < -0.4 is 70.4 Å². The van der Waals surface area contributed by atoms with Crippen molar-refractivity contribution in [1.29, 1.82) is 0 Å². The average molecular weight is 1900 g/mol. The van der Waals surface area contributed by atoms with Crippen LogP contribution in [0, 0.1) is 0 Å². The van der Waals surface area contributed by atoms with Crippen molar-refractivity contribution in [2.45, 2.75) is 227 Å². The molecule has 0 aliphatic carbocycles. The second kappa shape index (κ2) is 49.3. The lowest BCUT2D eigenvalue weighted by Gasteiger charge is -2.36. The number of amides is 18. The van der Waals surface area contributed by atoms with Crippen molar-refractivity contribution in [1.82, 2.24) is 97.6 Å². The number of unbranched alkanes of at least 4 members (excludes halogenated alkanes) is 2. The van der Waals surface area contributed by atoms with Gasteiger partial charge in [-0.15, -0.1) is 11.8 Å². The van der Waals surface area contributed by atoms with Gasteiger partial charge in [-0.3, -0.25) is 95.9 Å².